The molecule has 38 heavy (non-hydrogen) atoms. The smallest absolute Gasteiger partial charge is 0.424 e. The van der Waals surface area contributed by atoms with Crippen molar-refractivity contribution in [2.24, 2.45) is 0 Å². The average molecular weight is 566 g/mol. The Bertz CT molecular complexity index is 1470. The summed E-state index contributed by atoms with van der Waals surface area (Å²) in [7, 11) is -4.08. The van der Waals surface area contributed by atoms with Crippen LogP contribution in [0.15, 0.2) is 36.9 Å². The fourth-order valence-electron chi connectivity index (χ4n) is 5.11. The van der Waals surface area contributed by atoms with Gasteiger partial charge in [-0.1, -0.05) is 23.7 Å². The summed E-state index contributed by atoms with van der Waals surface area (Å²) in [6, 6.07) is 7.11. The quantitative estimate of drug-likeness (QED) is 0.345. The number of hydrogen-bond donors (Lipinski definition) is 1. The first kappa shape index (κ1) is 25.5. The highest BCUT2D eigenvalue weighted by Gasteiger charge is 2.65. The van der Waals surface area contributed by atoms with Gasteiger partial charge in [0.15, 0.2) is 29.4 Å². The van der Waals surface area contributed by atoms with Crippen molar-refractivity contribution in [1.29, 1.82) is 0 Å². The highest BCUT2D eigenvalue weighted by Crippen LogP contribution is 2.62. The summed E-state index contributed by atoms with van der Waals surface area (Å²) >= 11 is 6.15. The van der Waals surface area contributed by atoms with Gasteiger partial charge in [-0.15, -0.1) is 0 Å². The lowest BCUT2D eigenvalue weighted by Crippen LogP contribution is -2.42. The van der Waals surface area contributed by atoms with Gasteiger partial charge >= 0.3 is 14.0 Å². The Morgan fingerprint density at radius 2 is 2.08 bits per heavy atom. The summed E-state index contributed by atoms with van der Waals surface area (Å²) in [5, 5.41) is 0.526. The zero-order valence-corrected chi connectivity index (χ0v) is 22.3. The van der Waals surface area contributed by atoms with E-state index < -0.39 is 49.7 Å². The van der Waals surface area contributed by atoms with Crippen molar-refractivity contribution in [3.05, 3.63) is 47.5 Å². The lowest BCUT2D eigenvalue weighted by Gasteiger charge is -2.39. The van der Waals surface area contributed by atoms with Gasteiger partial charge in [-0.05, 0) is 38.5 Å². The molecule has 15 heteroatoms. The first-order valence-corrected chi connectivity index (χ1v) is 13.7. The second kappa shape index (κ2) is 8.87. The van der Waals surface area contributed by atoms with E-state index in [1.807, 2.05) is 6.07 Å². The number of anilines is 1. The third-order valence-electron chi connectivity index (χ3n) is 6.77. The maximum atomic E-state index is 13.7. The minimum absolute atomic E-state index is 0.189. The number of hydrogen-bond acceptors (Lipinski definition) is 12. The topological polar surface area (TPSA) is 159 Å². The molecular formula is C23H25ClN5O8P. The molecule has 6 rings (SSSR count). The fourth-order valence-corrected chi connectivity index (χ4v) is 6.98. The zero-order chi connectivity index (χ0) is 26.9. The molecule has 2 N–H and O–H groups in total. The maximum Gasteiger partial charge on any atom is 0.509 e. The minimum Gasteiger partial charge on any atom is -0.424 e. The molecule has 0 bridgehead atoms. The molecule has 13 nitrogen and oxygen atoms in total. The number of phosphoric acid groups is 1. The van der Waals surface area contributed by atoms with E-state index >= 15 is 0 Å². The number of nitrogens with zero attached hydrogens (tertiary/aromatic N) is 4. The van der Waals surface area contributed by atoms with Crippen LogP contribution in [0.2, 0.25) is 5.02 Å². The van der Waals surface area contributed by atoms with E-state index in [4.69, 9.17) is 45.1 Å². The number of aromatic nitrogens is 4. The van der Waals surface area contributed by atoms with E-state index in [9.17, 15) is 9.36 Å². The van der Waals surface area contributed by atoms with E-state index in [0.29, 0.717) is 22.6 Å². The number of rotatable bonds is 5. The number of fused-ring (bicyclic) bond motifs is 2. The Balaban J connectivity index is 1.25. The van der Waals surface area contributed by atoms with Gasteiger partial charge in [0.2, 0.25) is 0 Å². The highest BCUT2D eigenvalue weighted by molar-refractivity contribution is 7.48. The summed E-state index contributed by atoms with van der Waals surface area (Å²) in [6.45, 7) is 4.98. The number of phosphoric ester groups is 1. The third-order valence-corrected chi connectivity index (χ3v) is 8.70. The van der Waals surface area contributed by atoms with Crippen molar-refractivity contribution in [3.63, 3.8) is 0 Å². The van der Waals surface area contributed by atoms with E-state index in [0.717, 1.165) is 5.56 Å². The average Bonchev–Trinajstić information content (AvgIpc) is 3.46. The van der Waals surface area contributed by atoms with Crippen LogP contribution in [0.5, 0.6) is 0 Å². The highest BCUT2D eigenvalue weighted by atomic mass is 35.5. The van der Waals surface area contributed by atoms with Gasteiger partial charge in [0.1, 0.15) is 17.9 Å². The number of imidazole rings is 1. The number of benzene rings is 1. The van der Waals surface area contributed by atoms with Crippen LogP contribution in [0, 0.1) is 0 Å². The summed E-state index contributed by atoms with van der Waals surface area (Å²) in [4.78, 5) is 24.7. The molecule has 3 aliphatic heterocycles. The maximum absolute atomic E-state index is 13.7. The third kappa shape index (κ3) is 4.33. The van der Waals surface area contributed by atoms with Crippen molar-refractivity contribution in [2.75, 3.05) is 12.3 Å². The van der Waals surface area contributed by atoms with Gasteiger partial charge in [0, 0.05) is 11.4 Å². The second-order valence-corrected chi connectivity index (χ2v) is 12.1. The van der Waals surface area contributed by atoms with Crippen molar-refractivity contribution in [2.45, 2.75) is 62.9 Å². The molecular weight excluding hydrogens is 541 g/mol. The van der Waals surface area contributed by atoms with Gasteiger partial charge in [0.05, 0.1) is 24.6 Å². The monoisotopic (exact) mass is 565 g/mol. The first-order valence-electron chi connectivity index (χ1n) is 11.8. The Morgan fingerprint density at radius 3 is 2.87 bits per heavy atom. The molecule has 3 fully saturated rings. The van der Waals surface area contributed by atoms with E-state index in [2.05, 4.69) is 15.0 Å². The van der Waals surface area contributed by atoms with Crippen molar-refractivity contribution >= 4 is 42.6 Å². The van der Waals surface area contributed by atoms with Crippen molar-refractivity contribution in [3.8, 4) is 0 Å². The van der Waals surface area contributed by atoms with E-state index in [-0.39, 0.29) is 12.4 Å². The molecule has 2 aromatic heterocycles. The minimum atomic E-state index is -4.08. The molecule has 6 atom stereocenters. The largest absolute Gasteiger partial charge is 0.509 e. The summed E-state index contributed by atoms with van der Waals surface area (Å²) in [6.07, 6.45) is -0.959. The van der Waals surface area contributed by atoms with Crippen LogP contribution in [-0.2, 0) is 32.3 Å². The first-order chi connectivity index (χ1) is 18.0. The molecule has 0 spiro atoms. The van der Waals surface area contributed by atoms with Gasteiger partial charge < -0.3 is 19.9 Å². The molecule has 0 radical (unpaired) electrons. The zero-order valence-electron chi connectivity index (χ0n) is 20.6. The van der Waals surface area contributed by atoms with Crippen LogP contribution >= 0.6 is 19.4 Å². The van der Waals surface area contributed by atoms with E-state index in [1.165, 1.54) is 12.7 Å². The van der Waals surface area contributed by atoms with Crippen LogP contribution < -0.4 is 5.73 Å². The molecule has 5 heterocycles. The number of halogens is 1. The lowest BCUT2D eigenvalue weighted by atomic mass is 9.96. The summed E-state index contributed by atoms with van der Waals surface area (Å²) in [5.41, 5.74) is 5.31. The van der Waals surface area contributed by atoms with Crippen LogP contribution in [0.25, 0.3) is 11.2 Å². The van der Waals surface area contributed by atoms with Crippen molar-refractivity contribution in [1.82, 2.24) is 19.5 Å². The Kier molecular flexibility index (Phi) is 5.95. The molecule has 1 aromatic carbocycles. The van der Waals surface area contributed by atoms with Crippen LogP contribution in [-0.4, -0.2) is 55.7 Å². The van der Waals surface area contributed by atoms with Gasteiger partial charge in [-0.3, -0.25) is 18.1 Å². The van der Waals surface area contributed by atoms with Gasteiger partial charge in [-0.2, -0.15) is 0 Å². The predicted molar refractivity (Wildman–Crippen MR) is 132 cm³/mol. The Hall–Kier alpha value is -2.80. The van der Waals surface area contributed by atoms with Crippen LogP contribution in [0.4, 0.5) is 10.6 Å². The van der Waals surface area contributed by atoms with Gasteiger partial charge in [-0.25, -0.2) is 24.3 Å². The fraction of sp³-hybridized carbons (Fsp3) is 0.478. The number of ether oxygens (including phenoxy) is 3. The lowest BCUT2D eigenvalue weighted by molar-refractivity contribution is -0.0988. The van der Waals surface area contributed by atoms with Gasteiger partial charge in [0.25, 0.3) is 0 Å². The standard InChI is InChI=1S/C23H25ClN5O8P/c1-22(2)8-14(12-5-4-6-13(24)7-12)36-38(31,37-22)32-9-15-17-23(3,35-21(30)34-17)20(33-15)29-11-28-16-18(25)26-10-27-19(16)29/h4-7,10-11,14-15,17,20H,8-9H2,1-3H3,(H2,25,26,27)/t14-,15+,17+,20+,23+,38?/m0/s1. The number of nitrogens with two attached hydrogens (primary N) is 1. The Labute approximate surface area is 222 Å². The molecule has 0 aliphatic carbocycles. The molecule has 3 aromatic rings. The predicted octanol–water partition coefficient (Wildman–Crippen LogP) is 4.33. The molecule has 0 amide bonds. The summed E-state index contributed by atoms with van der Waals surface area (Å²) < 4.78 is 49.9. The van der Waals surface area contributed by atoms with E-state index in [1.54, 1.807) is 43.5 Å². The normalized spacial score (nSPS) is 34.2. The molecule has 1 unspecified atom stereocenters. The summed E-state index contributed by atoms with van der Waals surface area (Å²) in [5.74, 6) is 0.189. The Morgan fingerprint density at radius 1 is 1.26 bits per heavy atom. The van der Waals surface area contributed by atoms with Crippen LogP contribution in [0.1, 0.15) is 45.1 Å². The number of nitrogen functional groups attached to an aromatic ring is 1. The SMILES string of the molecule is CC1(C)C[C@@H](c2cccc(Cl)c2)OP(=O)(OC[C@H]2O[C@@H](n3cnc4c(N)ncnc43)[C@]3(C)OC(=O)O[C@H]23)O1. The molecule has 3 saturated heterocycles. The van der Waals surface area contributed by atoms with Crippen LogP contribution in [0.3, 0.4) is 0 Å². The molecule has 202 valence electrons. The van der Waals surface area contributed by atoms with Crippen molar-refractivity contribution < 1.29 is 37.1 Å². The second-order valence-electron chi connectivity index (χ2n) is 10.1. The number of carbonyl (C=O) groups excluding carboxylic acids is 1. The molecule has 0 saturated carbocycles. The number of carbonyl (C=O) groups is 1. The molecule has 3 aliphatic rings.